The summed E-state index contributed by atoms with van der Waals surface area (Å²) >= 11 is 1.21. The minimum Gasteiger partial charge on any atom is -0.481 e. The largest absolute Gasteiger partial charge is 0.481 e. The molecular weight excluding hydrogens is 472 g/mol. The number of carbonyl (C=O) groups is 1. The van der Waals surface area contributed by atoms with Crippen molar-refractivity contribution in [3.8, 4) is 22.7 Å². The van der Waals surface area contributed by atoms with Crippen LogP contribution < -0.4 is 10.1 Å². The van der Waals surface area contributed by atoms with Gasteiger partial charge < -0.3 is 9.52 Å². The molecule has 5 rings (SSSR count). The summed E-state index contributed by atoms with van der Waals surface area (Å²) in [4.78, 5) is 37.6. The van der Waals surface area contributed by atoms with Crippen LogP contribution in [0, 0.1) is 17.0 Å². The topological polar surface area (TPSA) is 141 Å². The van der Waals surface area contributed by atoms with Gasteiger partial charge >= 0.3 is 0 Å². The van der Waals surface area contributed by atoms with Crippen molar-refractivity contribution in [1.82, 2.24) is 14.6 Å². The Labute approximate surface area is 201 Å². The number of fused-ring (bicyclic) bond motifs is 1. The second kappa shape index (κ2) is 9.69. The fraction of sp³-hybridized carbons (Fsp3) is 0.0833. The lowest BCUT2D eigenvalue weighted by Gasteiger charge is -1.98. The van der Waals surface area contributed by atoms with Crippen LogP contribution in [0.25, 0.3) is 33.7 Å². The fourth-order valence-corrected chi connectivity index (χ4v) is 4.21. The number of hydrogen-bond donors (Lipinski definition) is 1. The number of aliphatic carboxylic acids is 1. The van der Waals surface area contributed by atoms with Gasteiger partial charge in [-0.15, -0.1) is 5.10 Å². The summed E-state index contributed by atoms with van der Waals surface area (Å²) in [5, 5.41) is 23.0. The molecule has 0 aliphatic heterocycles. The number of para-hydroxylation sites is 1. The molecule has 10 nitrogen and oxygen atoms in total. The molecule has 35 heavy (non-hydrogen) atoms. The summed E-state index contributed by atoms with van der Waals surface area (Å²) in [7, 11) is 0. The van der Waals surface area contributed by atoms with Gasteiger partial charge in [0.2, 0.25) is 4.96 Å². The predicted octanol–water partition coefficient (Wildman–Crippen LogP) is 3.93. The molecular formula is C24H18N4O6S. The number of benzene rings is 2. The first kappa shape index (κ1) is 23.5. The van der Waals surface area contributed by atoms with Crippen molar-refractivity contribution in [1.29, 1.82) is 0 Å². The van der Waals surface area contributed by atoms with E-state index < -0.39 is 10.9 Å². The Morgan fingerprint density at radius 1 is 1.11 bits per heavy atom. The van der Waals surface area contributed by atoms with Crippen molar-refractivity contribution < 1.29 is 19.2 Å². The molecule has 5 aromatic rings. The van der Waals surface area contributed by atoms with Crippen molar-refractivity contribution in [2.24, 2.45) is 0 Å². The second-order valence-electron chi connectivity index (χ2n) is 7.36. The van der Waals surface area contributed by atoms with Gasteiger partial charge in [-0.3, -0.25) is 19.7 Å². The summed E-state index contributed by atoms with van der Waals surface area (Å²) in [6.45, 7) is 3.05. The number of furan rings is 1. The lowest BCUT2D eigenvalue weighted by Crippen LogP contribution is -2.23. The molecule has 0 saturated heterocycles. The van der Waals surface area contributed by atoms with E-state index in [0.29, 0.717) is 32.4 Å². The summed E-state index contributed by atoms with van der Waals surface area (Å²) in [5.74, 6) is 0.436. The molecule has 0 unspecified atom stereocenters. The van der Waals surface area contributed by atoms with Gasteiger partial charge in [-0.1, -0.05) is 47.7 Å². The first-order chi connectivity index (χ1) is 16.7. The Morgan fingerprint density at radius 3 is 2.43 bits per heavy atom. The van der Waals surface area contributed by atoms with E-state index in [-0.39, 0.29) is 11.2 Å². The molecule has 3 aromatic heterocycles. The van der Waals surface area contributed by atoms with Gasteiger partial charge in [0.25, 0.3) is 17.2 Å². The maximum atomic E-state index is 12.8. The van der Waals surface area contributed by atoms with Crippen LogP contribution in [-0.4, -0.2) is 30.6 Å². The summed E-state index contributed by atoms with van der Waals surface area (Å²) in [6, 6.07) is 17.4. The maximum absolute atomic E-state index is 12.8. The Kier molecular flexibility index (Phi) is 6.51. The molecule has 0 atom stereocenters. The zero-order chi connectivity index (χ0) is 25.1. The van der Waals surface area contributed by atoms with E-state index >= 15 is 0 Å². The van der Waals surface area contributed by atoms with E-state index in [1.807, 2.05) is 31.2 Å². The van der Waals surface area contributed by atoms with Crippen LogP contribution in [0.2, 0.25) is 0 Å². The van der Waals surface area contributed by atoms with Crippen molar-refractivity contribution in [3.05, 3.63) is 97.0 Å². The van der Waals surface area contributed by atoms with E-state index in [9.17, 15) is 14.9 Å². The molecule has 0 bridgehead atoms. The highest BCUT2D eigenvalue weighted by atomic mass is 32.1. The molecule has 0 aliphatic rings. The Hall–Kier alpha value is -4.64. The molecule has 0 aliphatic carbocycles. The molecule has 2 aromatic carbocycles. The fourth-order valence-electron chi connectivity index (χ4n) is 3.32. The van der Waals surface area contributed by atoms with E-state index in [0.717, 1.165) is 18.1 Å². The number of aromatic nitrogens is 3. The number of carboxylic acid groups (broad SMARTS) is 1. The highest BCUT2D eigenvalue weighted by Gasteiger charge is 2.17. The van der Waals surface area contributed by atoms with Crippen LogP contribution in [0.15, 0.2) is 69.9 Å². The lowest BCUT2D eigenvalue weighted by molar-refractivity contribution is -0.384. The summed E-state index contributed by atoms with van der Waals surface area (Å²) < 4.78 is 7.45. The number of rotatable bonds is 4. The Balaban J connectivity index is 0.000000672. The van der Waals surface area contributed by atoms with Crippen molar-refractivity contribution >= 4 is 34.0 Å². The van der Waals surface area contributed by atoms with E-state index in [2.05, 4.69) is 10.1 Å². The maximum Gasteiger partial charge on any atom is 0.300 e. The van der Waals surface area contributed by atoms with Gasteiger partial charge in [-0.25, -0.2) is 0 Å². The third-order valence-electron chi connectivity index (χ3n) is 4.83. The number of nitro groups is 1. The minimum absolute atomic E-state index is 0.0459. The predicted molar refractivity (Wildman–Crippen MR) is 130 cm³/mol. The average Bonchev–Trinajstić information content (AvgIpc) is 3.51. The number of carboxylic acids is 1. The second-order valence-corrected chi connectivity index (χ2v) is 8.36. The van der Waals surface area contributed by atoms with E-state index in [1.165, 1.54) is 21.9 Å². The zero-order valence-corrected chi connectivity index (χ0v) is 19.4. The third-order valence-corrected chi connectivity index (χ3v) is 5.79. The van der Waals surface area contributed by atoms with Crippen LogP contribution in [0.1, 0.15) is 18.2 Å². The third kappa shape index (κ3) is 4.99. The van der Waals surface area contributed by atoms with Crippen molar-refractivity contribution in [2.75, 3.05) is 0 Å². The van der Waals surface area contributed by atoms with Crippen LogP contribution in [0.3, 0.4) is 0 Å². The number of thiazole rings is 1. The van der Waals surface area contributed by atoms with Gasteiger partial charge in [0.15, 0.2) is 5.82 Å². The molecule has 0 spiro atoms. The number of hydrogen-bond acceptors (Lipinski definition) is 8. The highest BCUT2D eigenvalue weighted by molar-refractivity contribution is 7.15. The Morgan fingerprint density at radius 2 is 1.77 bits per heavy atom. The molecule has 0 fully saturated rings. The van der Waals surface area contributed by atoms with Gasteiger partial charge in [-0.2, -0.15) is 9.50 Å². The average molecular weight is 490 g/mol. The first-order valence-corrected chi connectivity index (χ1v) is 11.1. The molecule has 3 heterocycles. The van der Waals surface area contributed by atoms with Crippen LogP contribution >= 0.6 is 11.3 Å². The van der Waals surface area contributed by atoms with Gasteiger partial charge in [0.05, 0.1) is 10.5 Å². The zero-order valence-electron chi connectivity index (χ0n) is 18.5. The van der Waals surface area contributed by atoms with Crippen LogP contribution in [-0.2, 0) is 4.79 Å². The Bertz CT molecular complexity index is 1660. The van der Waals surface area contributed by atoms with E-state index in [4.69, 9.17) is 14.3 Å². The van der Waals surface area contributed by atoms with E-state index in [1.54, 1.807) is 36.4 Å². The smallest absolute Gasteiger partial charge is 0.300 e. The standard InChI is InChI=1S/C22H14N4O4S.C2H4O2/c1-13-6-2-3-7-15(13)20-23-22-25(24-20)21(27)19(31-22)12-14-10-11-18(30-14)16-8-4-5-9-17(16)26(28)29;1-2(3)4/h2-12H,1H3;1H3,(H,3,4)/b19-12+;. The van der Waals surface area contributed by atoms with Crippen molar-refractivity contribution in [2.45, 2.75) is 13.8 Å². The summed E-state index contributed by atoms with van der Waals surface area (Å²) in [5.41, 5.74) is 1.94. The summed E-state index contributed by atoms with van der Waals surface area (Å²) in [6.07, 6.45) is 1.59. The highest BCUT2D eigenvalue weighted by Crippen LogP contribution is 2.31. The minimum atomic E-state index is -0.833. The monoisotopic (exact) mass is 490 g/mol. The molecule has 176 valence electrons. The normalized spacial score (nSPS) is 11.3. The molecule has 0 radical (unpaired) electrons. The molecule has 1 N–H and O–H groups in total. The molecule has 0 amide bonds. The lowest BCUT2D eigenvalue weighted by atomic mass is 10.1. The quantitative estimate of drug-likeness (QED) is 0.295. The first-order valence-electron chi connectivity index (χ1n) is 10.2. The number of nitro benzene ring substituents is 1. The number of nitrogens with zero attached hydrogens (tertiary/aromatic N) is 4. The SMILES string of the molecule is CC(=O)O.Cc1ccccc1-c1nc2s/c(=C/c3ccc(-c4ccccc4[N+](=O)[O-])o3)c(=O)n2n1. The van der Waals surface area contributed by atoms with Gasteiger partial charge in [0.1, 0.15) is 16.1 Å². The van der Waals surface area contributed by atoms with Crippen LogP contribution in [0.4, 0.5) is 5.69 Å². The van der Waals surface area contributed by atoms with Crippen LogP contribution in [0.5, 0.6) is 0 Å². The molecule has 0 saturated carbocycles. The molecule has 11 heteroatoms. The van der Waals surface area contributed by atoms with Gasteiger partial charge in [0, 0.05) is 24.6 Å². The van der Waals surface area contributed by atoms with Crippen molar-refractivity contribution in [3.63, 3.8) is 0 Å². The number of aryl methyl sites for hydroxylation is 1. The van der Waals surface area contributed by atoms with Gasteiger partial charge in [-0.05, 0) is 30.7 Å².